The van der Waals surface area contributed by atoms with E-state index in [0.717, 1.165) is 44.7 Å². The van der Waals surface area contributed by atoms with Gasteiger partial charge in [0.15, 0.2) is 0 Å². The normalized spacial score (nSPS) is 11.8. The molecule has 5 nitrogen and oxygen atoms in total. The van der Waals surface area contributed by atoms with Crippen LogP contribution in [0.4, 0.5) is 18.9 Å². The summed E-state index contributed by atoms with van der Waals surface area (Å²) in [5.74, 6) is -0.817. The van der Waals surface area contributed by atoms with Crippen molar-refractivity contribution in [3.63, 3.8) is 0 Å². The van der Waals surface area contributed by atoms with Gasteiger partial charge in [-0.05, 0) is 53.9 Å². The number of carbonyl (C=O) groups is 1. The summed E-state index contributed by atoms with van der Waals surface area (Å²) in [6.45, 7) is 1.93. The van der Waals surface area contributed by atoms with Crippen LogP contribution < -0.4 is 5.32 Å². The van der Waals surface area contributed by atoms with Gasteiger partial charge in [0.05, 0.1) is 11.1 Å². The fraction of sp³-hybridized carbons (Fsp3) is 0.0800. The minimum absolute atomic E-state index is 0.403. The van der Waals surface area contributed by atoms with Crippen molar-refractivity contribution in [1.29, 1.82) is 0 Å². The van der Waals surface area contributed by atoms with Gasteiger partial charge in [-0.2, -0.15) is 13.2 Å². The lowest BCUT2D eigenvalue weighted by Crippen LogP contribution is -2.18. The molecule has 8 heteroatoms. The molecule has 2 aromatic heterocycles. The monoisotopic (exact) mass is 446 g/mol. The molecule has 2 heterocycles. The minimum Gasteiger partial charge on any atom is -0.339 e. The fourth-order valence-corrected chi connectivity index (χ4v) is 3.94. The number of anilines is 1. The number of carbonyl (C=O) groups excluding carboxylic acids is 1. The number of amides is 1. The van der Waals surface area contributed by atoms with E-state index in [9.17, 15) is 18.0 Å². The van der Waals surface area contributed by atoms with Gasteiger partial charge in [-0.1, -0.05) is 30.3 Å². The van der Waals surface area contributed by atoms with Gasteiger partial charge in [0, 0.05) is 28.2 Å². The average molecular weight is 446 g/mol. The predicted molar refractivity (Wildman–Crippen MR) is 121 cm³/mol. The number of alkyl halides is 3. The van der Waals surface area contributed by atoms with Crippen LogP contribution in [-0.4, -0.2) is 20.9 Å². The summed E-state index contributed by atoms with van der Waals surface area (Å²) in [4.78, 5) is 24.2. The Morgan fingerprint density at radius 3 is 2.64 bits per heavy atom. The molecule has 0 fully saturated rings. The first-order chi connectivity index (χ1) is 15.8. The summed E-state index contributed by atoms with van der Waals surface area (Å²) in [6.07, 6.45) is -1.39. The number of fused-ring (bicyclic) bond motifs is 3. The number of H-pyrrole nitrogens is 1. The molecule has 5 rings (SSSR count). The zero-order valence-electron chi connectivity index (χ0n) is 17.4. The van der Waals surface area contributed by atoms with Gasteiger partial charge in [0.2, 0.25) is 0 Å². The molecule has 164 valence electrons. The van der Waals surface area contributed by atoms with Crippen LogP contribution in [0.3, 0.4) is 0 Å². The van der Waals surface area contributed by atoms with Gasteiger partial charge in [0.25, 0.3) is 5.91 Å². The largest absolute Gasteiger partial charge is 0.417 e. The molecule has 1 amide bonds. The van der Waals surface area contributed by atoms with Crippen molar-refractivity contribution in [3.8, 4) is 11.1 Å². The van der Waals surface area contributed by atoms with Crippen LogP contribution in [0.5, 0.6) is 0 Å². The summed E-state index contributed by atoms with van der Waals surface area (Å²) in [5.41, 5.74) is 3.33. The maximum atomic E-state index is 13.3. The van der Waals surface area contributed by atoms with Gasteiger partial charge in [-0.25, -0.2) is 9.97 Å². The highest BCUT2D eigenvalue weighted by atomic mass is 19.4. The zero-order chi connectivity index (χ0) is 23.2. The van der Waals surface area contributed by atoms with E-state index in [1.807, 2.05) is 31.2 Å². The topological polar surface area (TPSA) is 70.7 Å². The van der Waals surface area contributed by atoms with Crippen LogP contribution in [-0.2, 0) is 6.18 Å². The number of rotatable bonds is 3. The smallest absolute Gasteiger partial charge is 0.339 e. The quantitative estimate of drug-likeness (QED) is 0.339. The molecule has 0 unspecified atom stereocenters. The minimum atomic E-state index is -4.62. The van der Waals surface area contributed by atoms with Crippen molar-refractivity contribution < 1.29 is 18.0 Å². The number of aromatic nitrogens is 3. The predicted octanol–water partition coefficient (Wildman–Crippen LogP) is 6.36. The number of hydrogen-bond acceptors (Lipinski definition) is 3. The number of nitrogens with one attached hydrogen (secondary N) is 2. The summed E-state index contributed by atoms with van der Waals surface area (Å²) in [6, 6.07) is 15.9. The summed E-state index contributed by atoms with van der Waals surface area (Å²) >= 11 is 0. The van der Waals surface area contributed by atoms with Crippen LogP contribution in [0.2, 0.25) is 0 Å². The Bertz CT molecular complexity index is 1520. The first-order valence-corrected chi connectivity index (χ1v) is 10.1. The van der Waals surface area contributed by atoms with Gasteiger partial charge in [0.1, 0.15) is 12.0 Å². The molecule has 0 saturated carbocycles. The Balaban J connectivity index is 1.50. The summed E-state index contributed by atoms with van der Waals surface area (Å²) in [7, 11) is 0. The van der Waals surface area contributed by atoms with E-state index >= 15 is 0 Å². The number of hydrogen-bond donors (Lipinski definition) is 2. The van der Waals surface area contributed by atoms with Gasteiger partial charge >= 0.3 is 6.18 Å². The molecule has 33 heavy (non-hydrogen) atoms. The number of benzene rings is 3. The van der Waals surface area contributed by atoms with E-state index < -0.39 is 23.2 Å². The molecule has 0 atom stereocenters. The van der Waals surface area contributed by atoms with E-state index in [1.165, 1.54) is 24.5 Å². The molecule has 0 aliphatic heterocycles. The standard InChI is InChI=1S/C25H17F3N4O/c1-14-6-8-16(31-24(33)18-4-2-3-5-21(18)25(26,27)28)11-19(14)15-7-9-17-20-12-29-13-30-23(20)32-22(17)10-15/h2-13H,1H3,(H,31,33)(H,29,30,32). The first kappa shape index (κ1) is 20.7. The van der Waals surface area contributed by atoms with E-state index in [1.54, 1.807) is 18.3 Å². The highest BCUT2D eigenvalue weighted by Crippen LogP contribution is 2.34. The number of nitrogens with zero attached hydrogens (tertiary/aromatic N) is 2. The molecule has 3 aromatic carbocycles. The van der Waals surface area contributed by atoms with Crippen molar-refractivity contribution in [2.24, 2.45) is 0 Å². The third kappa shape index (κ3) is 3.80. The van der Waals surface area contributed by atoms with Crippen molar-refractivity contribution in [1.82, 2.24) is 15.0 Å². The van der Waals surface area contributed by atoms with Gasteiger partial charge < -0.3 is 10.3 Å². The summed E-state index contributed by atoms with van der Waals surface area (Å²) in [5, 5.41) is 4.50. The van der Waals surface area contributed by atoms with E-state index in [4.69, 9.17) is 0 Å². The maximum Gasteiger partial charge on any atom is 0.417 e. The zero-order valence-corrected chi connectivity index (χ0v) is 17.4. The van der Waals surface area contributed by atoms with E-state index in [2.05, 4.69) is 20.3 Å². The Hall–Kier alpha value is -4.20. The van der Waals surface area contributed by atoms with Crippen LogP contribution >= 0.6 is 0 Å². The third-order valence-electron chi connectivity index (χ3n) is 5.56. The van der Waals surface area contributed by atoms with Crippen molar-refractivity contribution in [3.05, 3.63) is 89.9 Å². The molecular weight excluding hydrogens is 429 g/mol. The fourth-order valence-electron chi connectivity index (χ4n) is 3.94. The summed E-state index contributed by atoms with van der Waals surface area (Å²) < 4.78 is 39.9. The highest BCUT2D eigenvalue weighted by molar-refractivity contribution is 6.07. The lowest BCUT2D eigenvalue weighted by atomic mass is 9.98. The molecule has 0 aliphatic rings. The van der Waals surface area contributed by atoms with Crippen LogP contribution in [0, 0.1) is 6.92 Å². The number of aryl methyl sites for hydroxylation is 1. The molecule has 0 bridgehead atoms. The van der Waals surface area contributed by atoms with Crippen molar-refractivity contribution >= 4 is 33.5 Å². The molecule has 5 aromatic rings. The second kappa shape index (κ2) is 7.74. The lowest BCUT2D eigenvalue weighted by molar-refractivity contribution is -0.137. The van der Waals surface area contributed by atoms with Crippen molar-refractivity contribution in [2.75, 3.05) is 5.32 Å². The maximum absolute atomic E-state index is 13.3. The Morgan fingerprint density at radius 1 is 1.00 bits per heavy atom. The van der Waals surface area contributed by atoms with Crippen molar-refractivity contribution in [2.45, 2.75) is 13.1 Å². The SMILES string of the molecule is Cc1ccc(NC(=O)c2ccccc2C(F)(F)F)cc1-c1ccc2c(c1)[nH]c1ncncc12. The number of halogens is 3. The molecule has 2 N–H and O–H groups in total. The van der Waals surface area contributed by atoms with Gasteiger partial charge in [-0.3, -0.25) is 4.79 Å². The molecule has 0 aliphatic carbocycles. The first-order valence-electron chi connectivity index (χ1n) is 10.1. The molecule has 0 saturated heterocycles. The van der Waals surface area contributed by atoms with Crippen LogP contribution in [0.1, 0.15) is 21.5 Å². The van der Waals surface area contributed by atoms with Crippen LogP contribution in [0.15, 0.2) is 73.2 Å². The molecule has 0 spiro atoms. The lowest BCUT2D eigenvalue weighted by Gasteiger charge is -2.14. The third-order valence-corrected chi connectivity index (χ3v) is 5.56. The number of aromatic amines is 1. The highest BCUT2D eigenvalue weighted by Gasteiger charge is 2.34. The molecule has 0 radical (unpaired) electrons. The average Bonchev–Trinajstić information content (AvgIpc) is 3.17. The van der Waals surface area contributed by atoms with E-state index in [0.29, 0.717) is 5.69 Å². The Kier molecular flexibility index (Phi) is 4.85. The van der Waals surface area contributed by atoms with E-state index in [-0.39, 0.29) is 0 Å². The van der Waals surface area contributed by atoms with Crippen LogP contribution in [0.25, 0.3) is 33.1 Å². The second-order valence-corrected chi connectivity index (χ2v) is 7.70. The molecular formula is C25H17F3N4O. The Morgan fingerprint density at radius 2 is 1.82 bits per heavy atom. The second-order valence-electron chi connectivity index (χ2n) is 7.70. The van der Waals surface area contributed by atoms with Gasteiger partial charge in [-0.15, -0.1) is 0 Å². The Labute approximate surface area is 186 Å².